The molecule has 0 radical (unpaired) electrons. The van der Waals surface area contributed by atoms with Gasteiger partial charge in [-0.2, -0.15) is 0 Å². The minimum atomic E-state index is -2.15. The highest BCUT2D eigenvalue weighted by atomic mass is 16.6. The summed E-state index contributed by atoms with van der Waals surface area (Å²) in [5.41, 5.74) is -6.46. The van der Waals surface area contributed by atoms with Crippen molar-refractivity contribution in [2.75, 3.05) is 0 Å². The predicted molar refractivity (Wildman–Crippen MR) is 286 cm³/mol. The minimum absolute atomic E-state index is 0.780. The van der Waals surface area contributed by atoms with Gasteiger partial charge in [0.25, 0.3) is 35.4 Å². The first-order chi connectivity index (χ1) is 36.8. The van der Waals surface area contributed by atoms with E-state index in [1.54, 1.807) is 0 Å². The summed E-state index contributed by atoms with van der Waals surface area (Å²) in [6, 6.07) is -9.41. The number of rotatable bonds is 9. The van der Waals surface area contributed by atoms with Gasteiger partial charge in [0.1, 0.15) is 53.1 Å². The molecule has 1 fully saturated rings. The lowest BCUT2D eigenvalue weighted by atomic mass is 9.98. The van der Waals surface area contributed by atoms with Crippen LogP contribution in [0, 0.1) is 35.5 Å². The third-order valence-corrected chi connectivity index (χ3v) is 12.6. The number of aliphatic hydroxyl groups is 3. The zero-order valence-corrected chi connectivity index (χ0v) is 50.6. The van der Waals surface area contributed by atoms with Crippen LogP contribution >= 0.6 is 0 Å². The predicted octanol–water partition coefficient (Wildman–Crippen LogP) is -0.312. The highest BCUT2D eigenvalue weighted by Crippen LogP contribution is 2.22. The third kappa shape index (κ3) is 21.7. The maximum atomic E-state index is 13.9. The first-order valence-corrected chi connectivity index (χ1v) is 27.0. The van der Waals surface area contributed by atoms with E-state index in [1.807, 2.05) is 0 Å². The van der Waals surface area contributed by atoms with E-state index in [9.17, 15) is 72.9 Å². The Balaban J connectivity index is 3.98. The smallest absolute Gasteiger partial charge is 0.329 e. The molecule has 0 unspecified atom stereocenters. The summed E-state index contributed by atoms with van der Waals surface area (Å²) < 4.78 is 32.8. The highest BCUT2D eigenvalue weighted by molar-refractivity contribution is 5.96. The summed E-state index contributed by atoms with van der Waals surface area (Å²) in [6.45, 7) is 28.1. The number of carbonyl (C=O) groups excluding carboxylic acids is 12. The van der Waals surface area contributed by atoms with Crippen LogP contribution in [-0.2, 0) is 86.0 Å². The Bertz CT molecular complexity index is 2010. The molecule has 0 aromatic carbocycles. The number of hydrogen-bond acceptors (Lipinski definition) is 21. The molecule has 1 rings (SSSR count). The number of carbonyl (C=O) groups is 12. The summed E-state index contributed by atoms with van der Waals surface area (Å²) >= 11 is 0. The average molecular weight is 1160 g/mol. The SMILES string of the molecule is CC(C)[C@@H]1NC(=O)[C@H](C)OC(=O)[C@@H](C(C)C)NC(=O)[C@@H](C(C)(C)O)OC(=O)[C@H](C(C)C)NC(=O)[C@H](C)OC(=O)[C@@H](C(C)C)NC(=O)[C@@H](C(C)(C)O)OC(=O)[C@H](C(C)C)NC(=O)[C@H](C)OC(=O)[C@@H](C(C)C)NC(=O)[C@@H](C(C)(C)O)OC1=O. The van der Waals surface area contributed by atoms with Crippen molar-refractivity contribution >= 4 is 71.3 Å². The first-order valence-electron chi connectivity index (χ1n) is 27.0. The lowest BCUT2D eigenvalue weighted by molar-refractivity contribution is -0.176. The van der Waals surface area contributed by atoms with Crippen molar-refractivity contribution in [1.29, 1.82) is 0 Å². The number of cyclic esters (lactones) is 6. The third-order valence-electron chi connectivity index (χ3n) is 12.6. The van der Waals surface area contributed by atoms with Gasteiger partial charge in [-0.05, 0) is 97.8 Å². The van der Waals surface area contributed by atoms with Crippen LogP contribution in [0.4, 0.5) is 0 Å². The molecule has 0 aliphatic carbocycles. The topological polar surface area (TPSA) is 393 Å². The Morgan fingerprint density at radius 3 is 0.556 bits per heavy atom. The summed E-state index contributed by atoms with van der Waals surface area (Å²) in [5, 5.41) is 47.7. The second-order valence-electron chi connectivity index (χ2n) is 24.0. The molecule has 6 amide bonds. The van der Waals surface area contributed by atoms with Crippen molar-refractivity contribution in [3.05, 3.63) is 0 Å². The fraction of sp³-hybridized carbons (Fsp3) is 0.778. The fourth-order valence-corrected chi connectivity index (χ4v) is 7.51. The zero-order chi connectivity index (χ0) is 63.3. The van der Waals surface area contributed by atoms with Gasteiger partial charge in [-0.15, -0.1) is 0 Å². The number of amides is 6. The first kappa shape index (κ1) is 72.5. The number of esters is 6. The minimum Gasteiger partial charge on any atom is -0.451 e. The van der Waals surface area contributed by atoms with Gasteiger partial charge in [-0.25, -0.2) is 28.8 Å². The van der Waals surface area contributed by atoms with Crippen LogP contribution in [0.15, 0.2) is 0 Å². The second kappa shape index (κ2) is 30.0. The zero-order valence-electron chi connectivity index (χ0n) is 50.6. The Labute approximate surface area is 473 Å². The Morgan fingerprint density at radius 1 is 0.284 bits per heavy atom. The van der Waals surface area contributed by atoms with E-state index in [2.05, 4.69) is 31.9 Å². The van der Waals surface area contributed by atoms with E-state index in [0.29, 0.717) is 0 Å². The van der Waals surface area contributed by atoms with Gasteiger partial charge < -0.3 is 75.6 Å². The maximum Gasteiger partial charge on any atom is 0.329 e. The van der Waals surface area contributed by atoms with Crippen LogP contribution in [0.2, 0.25) is 0 Å². The van der Waals surface area contributed by atoms with Crippen molar-refractivity contribution in [3.8, 4) is 0 Å². The molecule has 0 bridgehead atoms. The van der Waals surface area contributed by atoms with E-state index in [1.165, 1.54) is 83.1 Å². The largest absolute Gasteiger partial charge is 0.451 e. The van der Waals surface area contributed by atoms with Crippen LogP contribution in [0.25, 0.3) is 0 Å². The molecule has 12 atom stereocenters. The summed E-state index contributed by atoms with van der Waals surface area (Å²) in [7, 11) is 0. The van der Waals surface area contributed by atoms with Crippen LogP contribution < -0.4 is 31.9 Å². The average Bonchev–Trinajstić information content (AvgIpc) is 3.31. The van der Waals surface area contributed by atoms with E-state index in [4.69, 9.17) is 28.4 Å². The molecule has 1 aliphatic heterocycles. The number of nitrogens with one attached hydrogen (secondary N) is 6. The Morgan fingerprint density at radius 2 is 0.420 bits per heavy atom. The van der Waals surface area contributed by atoms with Gasteiger partial charge in [0, 0.05) is 0 Å². The second-order valence-corrected chi connectivity index (χ2v) is 24.0. The molecule has 27 heteroatoms. The quantitative estimate of drug-likeness (QED) is 0.106. The van der Waals surface area contributed by atoms with Crippen LogP contribution in [0.5, 0.6) is 0 Å². The van der Waals surface area contributed by atoms with E-state index < -0.39 is 196 Å². The molecule has 0 aromatic heterocycles. The van der Waals surface area contributed by atoms with Gasteiger partial charge in [-0.1, -0.05) is 83.1 Å². The molecule has 0 aromatic rings. The van der Waals surface area contributed by atoms with Crippen molar-refractivity contribution < 1.29 is 101 Å². The molecule has 1 saturated heterocycles. The van der Waals surface area contributed by atoms with Gasteiger partial charge in [0.05, 0.1) is 0 Å². The molecule has 27 nitrogen and oxygen atoms in total. The molecular weight excluding hydrogens is 1070 g/mol. The van der Waals surface area contributed by atoms with Crippen molar-refractivity contribution in [1.82, 2.24) is 31.9 Å². The molecule has 81 heavy (non-hydrogen) atoms. The van der Waals surface area contributed by atoms with E-state index >= 15 is 0 Å². The normalized spacial score (nSPS) is 28.7. The highest BCUT2D eigenvalue weighted by Gasteiger charge is 2.46. The molecule has 1 heterocycles. The van der Waals surface area contributed by atoms with Crippen LogP contribution in [0.3, 0.4) is 0 Å². The number of ether oxygens (including phenoxy) is 6. The van der Waals surface area contributed by atoms with Gasteiger partial charge in [-0.3, -0.25) is 28.8 Å². The van der Waals surface area contributed by atoms with Crippen molar-refractivity contribution in [2.24, 2.45) is 35.5 Å². The van der Waals surface area contributed by atoms with Crippen LogP contribution in [0.1, 0.15) is 145 Å². The Kier molecular flexibility index (Phi) is 26.9. The molecule has 0 spiro atoms. The standard InChI is InChI=1S/C54H90N6O21/c1-22(2)31-46(67)76-28(13)40(61)55-35(26(9)10)50(71)80-38(53(18,19)74)44(65)59-33(24(5)6)48(69)78-30(15)42(63)57-36(27(11)12)51(72)81-39(54(20,21)75)45(66)60-32(23(3)4)47(68)77-29(14)41(62)56-34(25(7)8)49(70)79-37(43(64)58-31)52(16,17)73/h22-39,73-75H,1-21H3,(H,55,61)(H,56,62)(H,57,63)(H,58,64)(H,59,65)(H,60,66)/t28-,29-,30-,31+,32+,33+,34-,35-,36-,37-,38-,39-/m0/s1. The van der Waals surface area contributed by atoms with Crippen molar-refractivity contribution in [3.63, 3.8) is 0 Å². The van der Waals surface area contributed by atoms with E-state index in [-0.39, 0.29) is 0 Å². The molecular formula is C54H90N6O21. The molecule has 1 aliphatic rings. The summed E-state index contributed by atoms with van der Waals surface area (Å²) in [6.07, 6.45) is -11.2. The number of hydrogen-bond donors (Lipinski definition) is 9. The summed E-state index contributed by atoms with van der Waals surface area (Å²) in [5.74, 6) is -18.8. The lowest BCUT2D eigenvalue weighted by Crippen LogP contribution is -2.59. The van der Waals surface area contributed by atoms with Crippen molar-refractivity contribution in [2.45, 2.75) is 235 Å². The molecule has 0 saturated carbocycles. The van der Waals surface area contributed by atoms with Crippen LogP contribution in [-0.4, -0.2) is 176 Å². The van der Waals surface area contributed by atoms with Gasteiger partial charge in [0.2, 0.25) is 18.3 Å². The maximum absolute atomic E-state index is 13.9. The lowest BCUT2D eigenvalue weighted by Gasteiger charge is -2.33. The van der Waals surface area contributed by atoms with Gasteiger partial charge >= 0.3 is 35.8 Å². The molecule has 462 valence electrons. The molecule has 9 N–H and O–H groups in total. The van der Waals surface area contributed by atoms with Gasteiger partial charge in [0.15, 0.2) is 18.3 Å². The summed E-state index contributed by atoms with van der Waals surface area (Å²) in [4.78, 5) is 165. The fourth-order valence-electron chi connectivity index (χ4n) is 7.51. The van der Waals surface area contributed by atoms with E-state index in [0.717, 1.165) is 62.3 Å². The Hall–Kier alpha value is -6.48. The monoisotopic (exact) mass is 1160 g/mol.